The van der Waals surface area contributed by atoms with Crippen molar-refractivity contribution in [3.8, 4) is 0 Å². The van der Waals surface area contributed by atoms with Crippen LogP contribution in [0.1, 0.15) is 31.2 Å². The summed E-state index contributed by atoms with van der Waals surface area (Å²) in [6.45, 7) is 1.94. The van der Waals surface area contributed by atoms with Crippen molar-refractivity contribution in [3.63, 3.8) is 0 Å². The maximum atomic E-state index is 12.3. The van der Waals surface area contributed by atoms with E-state index in [0.717, 1.165) is 23.6 Å². The normalized spacial score (nSPS) is 29.6. The van der Waals surface area contributed by atoms with Crippen LogP contribution in [0.3, 0.4) is 0 Å². The molecule has 0 aromatic heterocycles. The van der Waals surface area contributed by atoms with E-state index in [0.29, 0.717) is 10.9 Å². The van der Waals surface area contributed by atoms with Crippen LogP contribution in [-0.2, 0) is 4.79 Å². The van der Waals surface area contributed by atoms with E-state index in [4.69, 9.17) is 11.6 Å². The van der Waals surface area contributed by atoms with Gasteiger partial charge in [0.25, 0.3) is 0 Å². The first-order valence-electron chi connectivity index (χ1n) is 6.71. The molecule has 1 aromatic rings. The topological polar surface area (TPSA) is 29.1 Å². The van der Waals surface area contributed by atoms with E-state index in [9.17, 15) is 4.79 Å². The molecule has 18 heavy (non-hydrogen) atoms. The molecule has 2 nitrogen and oxygen atoms in total. The number of hydrogen-bond acceptors (Lipinski definition) is 1. The quantitative estimate of drug-likeness (QED) is 0.858. The van der Waals surface area contributed by atoms with Crippen LogP contribution in [0.5, 0.6) is 0 Å². The summed E-state index contributed by atoms with van der Waals surface area (Å²) in [5, 5.41) is 3.76. The van der Waals surface area contributed by atoms with Gasteiger partial charge in [0.05, 0.1) is 0 Å². The zero-order valence-corrected chi connectivity index (χ0v) is 11.3. The van der Waals surface area contributed by atoms with E-state index in [-0.39, 0.29) is 11.8 Å². The highest BCUT2D eigenvalue weighted by molar-refractivity contribution is 6.31. The Bertz CT molecular complexity index is 485. The number of benzene rings is 1. The van der Waals surface area contributed by atoms with Gasteiger partial charge in [0.1, 0.15) is 0 Å². The fourth-order valence-corrected chi connectivity index (χ4v) is 3.71. The van der Waals surface area contributed by atoms with Crippen LogP contribution in [0.15, 0.2) is 18.2 Å². The number of hydrogen-bond donors (Lipinski definition) is 1. The van der Waals surface area contributed by atoms with Crippen LogP contribution in [-0.4, -0.2) is 5.91 Å². The summed E-state index contributed by atoms with van der Waals surface area (Å²) in [5.74, 6) is 1.83. The predicted molar refractivity (Wildman–Crippen MR) is 73.8 cm³/mol. The maximum Gasteiger partial charge on any atom is 0.227 e. The molecule has 3 heteroatoms. The van der Waals surface area contributed by atoms with Gasteiger partial charge in [-0.1, -0.05) is 24.1 Å². The number of carbonyl (C=O) groups is 1. The van der Waals surface area contributed by atoms with Gasteiger partial charge in [-0.25, -0.2) is 0 Å². The summed E-state index contributed by atoms with van der Waals surface area (Å²) in [4.78, 5) is 12.3. The summed E-state index contributed by atoms with van der Waals surface area (Å²) < 4.78 is 0. The SMILES string of the molecule is Cc1c(Cl)cccc1NC(=O)[C@@H]1C[C@H]2CC[C@H]1C2. The highest BCUT2D eigenvalue weighted by Crippen LogP contribution is 2.48. The Morgan fingerprint density at radius 2 is 2.17 bits per heavy atom. The largest absolute Gasteiger partial charge is 0.326 e. The molecule has 3 rings (SSSR count). The second-order valence-corrected chi connectivity index (χ2v) is 6.09. The summed E-state index contributed by atoms with van der Waals surface area (Å²) in [6, 6.07) is 5.65. The molecule has 3 atom stereocenters. The van der Waals surface area contributed by atoms with Crippen LogP contribution in [0.25, 0.3) is 0 Å². The number of fused-ring (bicyclic) bond motifs is 2. The third kappa shape index (κ3) is 2.03. The lowest BCUT2D eigenvalue weighted by Crippen LogP contribution is -2.27. The number of carbonyl (C=O) groups excluding carboxylic acids is 1. The van der Waals surface area contributed by atoms with Crippen molar-refractivity contribution in [2.24, 2.45) is 17.8 Å². The summed E-state index contributed by atoms with van der Waals surface area (Å²) in [6.07, 6.45) is 4.89. The molecule has 0 aliphatic heterocycles. The van der Waals surface area contributed by atoms with Crippen molar-refractivity contribution in [1.29, 1.82) is 0 Å². The van der Waals surface area contributed by atoms with E-state index in [1.807, 2.05) is 25.1 Å². The Kier molecular flexibility index (Phi) is 3.06. The lowest BCUT2D eigenvalue weighted by Gasteiger charge is -2.21. The molecule has 0 saturated heterocycles. The highest BCUT2D eigenvalue weighted by atomic mass is 35.5. The molecule has 0 heterocycles. The third-order valence-electron chi connectivity index (χ3n) is 4.60. The Morgan fingerprint density at radius 1 is 1.33 bits per heavy atom. The van der Waals surface area contributed by atoms with Gasteiger partial charge in [-0.2, -0.15) is 0 Å². The van der Waals surface area contributed by atoms with E-state index >= 15 is 0 Å². The minimum atomic E-state index is 0.188. The molecule has 2 aliphatic carbocycles. The number of rotatable bonds is 2. The summed E-state index contributed by atoms with van der Waals surface area (Å²) in [5.41, 5.74) is 1.81. The van der Waals surface area contributed by atoms with Crippen molar-refractivity contribution in [2.75, 3.05) is 5.32 Å². The second kappa shape index (κ2) is 4.58. The zero-order chi connectivity index (χ0) is 12.7. The Balaban J connectivity index is 1.73. The van der Waals surface area contributed by atoms with Gasteiger partial charge in [-0.15, -0.1) is 0 Å². The minimum Gasteiger partial charge on any atom is -0.326 e. The van der Waals surface area contributed by atoms with Crippen LogP contribution in [0.4, 0.5) is 5.69 Å². The first-order valence-corrected chi connectivity index (χ1v) is 7.09. The number of nitrogens with one attached hydrogen (secondary N) is 1. The van der Waals surface area contributed by atoms with Gasteiger partial charge in [-0.3, -0.25) is 4.79 Å². The number of halogens is 1. The summed E-state index contributed by atoms with van der Waals surface area (Å²) in [7, 11) is 0. The Labute approximate surface area is 113 Å². The minimum absolute atomic E-state index is 0.188. The Hall–Kier alpha value is -1.02. The summed E-state index contributed by atoms with van der Waals surface area (Å²) >= 11 is 6.07. The fourth-order valence-electron chi connectivity index (χ4n) is 3.53. The van der Waals surface area contributed by atoms with Crippen LogP contribution in [0.2, 0.25) is 5.02 Å². The van der Waals surface area contributed by atoms with Crippen LogP contribution < -0.4 is 5.32 Å². The van der Waals surface area contributed by atoms with Crippen molar-refractivity contribution in [3.05, 3.63) is 28.8 Å². The predicted octanol–water partition coefficient (Wildman–Crippen LogP) is 4.02. The maximum absolute atomic E-state index is 12.3. The molecular weight excluding hydrogens is 246 g/mol. The average molecular weight is 264 g/mol. The first-order chi connectivity index (χ1) is 8.65. The van der Waals surface area contributed by atoms with Gasteiger partial charge in [0.15, 0.2) is 0 Å². The smallest absolute Gasteiger partial charge is 0.227 e. The van der Waals surface area contributed by atoms with E-state index in [1.165, 1.54) is 19.3 Å². The molecule has 0 unspecified atom stereocenters. The first kappa shape index (κ1) is 12.0. The highest BCUT2D eigenvalue weighted by Gasteiger charge is 2.43. The Morgan fingerprint density at radius 3 is 2.83 bits per heavy atom. The van der Waals surface area contributed by atoms with Gasteiger partial charge >= 0.3 is 0 Å². The average Bonchev–Trinajstić information content (AvgIpc) is 2.97. The van der Waals surface area contributed by atoms with Crippen LogP contribution in [0, 0.1) is 24.7 Å². The van der Waals surface area contributed by atoms with E-state index in [1.54, 1.807) is 0 Å². The van der Waals surface area contributed by atoms with Crippen molar-refractivity contribution < 1.29 is 4.79 Å². The van der Waals surface area contributed by atoms with Crippen molar-refractivity contribution in [1.82, 2.24) is 0 Å². The van der Waals surface area contributed by atoms with Gasteiger partial charge < -0.3 is 5.32 Å². The number of anilines is 1. The van der Waals surface area contributed by atoms with E-state index in [2.05, 4.69) is 5.32 Å². The van der Waals surface area contributed by atoms with Crippen molar-refractivity contribution >= 4 is 23.2 Å². The molecular formula is C15H18ClNO. The molecule has 2 bridgehead atoms. The fraction of sp³-hybridized carbons (Fsp3) is 0.533. The third-order valence-corrected chi connectivity index (χ3v) is 5.01. The monoisotopic (exact) mass is 263 g/mol. The van der Waals surface area contributed by atoms with Gasteiger partial charge in [-0.05, 0) is 55.7 Å². The standard InChI is InChI=1S/C15H18ClNO/c1-9-13(16)3-2-4-14(9)17-15(18)12-8-10-5-6-11(12)7-10/h2-4,10-12H,5-8H2,1H3,(H,17,18)/t10-,11-,12+/m0/s1. The second-order valence-electron chi connectivity index (χ2n) is 5.68. The lowest BCUT2D eigenvalue weighted by atomic mass is 9.88. The molecule has 96 valence electrons. The molecule has 1 aromatic carbocycles. The molecule has 0 radical (unpaired) electrons. The molecule has 0 spiro atoms. The molecule has 1 N–H and O–H groups in total. The van der Waals surface area contributed by atoms with Crippen molar-refractivity contribution in [2.45, 2.75) is 32.6 Å². The van der Waals surface area contributed by atoms with Crippen LogP contribution >= 0.6 is 11.6 Å². The van der Waals surface area contributed by atoms with E-state index < -0.39 is 0 Å². The molecule has 1 amide bonds. The molecule has 2 aliphatic rings. The lowest BCUT2D eigenvalue weighted by molar-refractivity contribution is -0.121. The van der Waals surface area contributed by atoms with Gasteiger partial charge in [0.2, 0.25) is 5.91 Å². The number of amides is 1. The molecule has 2 saturated carbocycles. The molecule has 2 fully saturated rings. The zero-order valence-electron chi connectivity index (χ0n) is 10.6. The van der Waals surface area contributed by atoms with Gasteiger partial charge in [0, 0.05) is 16.6 Å².